The topological polar surface area (TPSA) is 42.2 Å². The van der Waals surface area contributed by atoms with Crippen LogP contribution in [0.25, 0.3) is 0 Å². The van der Waals surface area contributed by atoms with E-state index in [0.29, 0.717) is 24.8 Å². The molecular formula is C13H17ClF3N3. The molecule has 0 radical (unpaired) electrons. The minimum absolute atomic E-state index is 0.0211. The average Bonchev–Trinajstić information content (AvgIpc) is 2.38. The van der Waals surface area contributed by atoms with Gasteiger partial charge in [-0.15, -0.1) is 0 Å². The molecule has 3 nitrogen and oxygen atoms in total. The van der Waals surface area contributed by atoms with Crippen molar-refractivity contribution < 1.29 is 13.2 Å². The lowest BCUT2D eigenvalue weighted by Crippen LogP contribution is -2.46. The number of alkyl halides is 3. The summed E-state index contributed by atoms with van der Waals surface area (Å²) in [5.74, 6) is 0.940. The van der Waals surface area contributed by atoms with Crippen molar-refractivity contribution in [3.05, 3.63) is 22.8 Å². The molecule has 1 fully saturated rings. The van der Waals surface area contributed by atoms with Crippen LogP contribution >= 0.6 is 11.6 Å². The third-order valence-electron chi connectivity index (χ3n) is 3.67. The zero-order valence-electron chi connectivity index (χ0n) is 11.1. The molecule has 2 unspecified atom stereocenters. The van der Waals surface area contributed by atoms with Gasteiger partial charge in [0.2, 0.25) is 0 Å². The molecule has 20 heavy (non-hydrogen) atoms. The van der Waals surface area contributed by atoms with Crippen molar-refractivity contribution in [1.29, 1.82) is 0 Å². The lowest BCUT2D eigenvalue weighted by Gasteiger charge is -2.39. The Hall–Kier alpha value is -1.01. The quantitative estimate of drug-likeness (QED) is 0.911. The first-order valence-electron chi connectivity index (χ1n) is 6.52. The summed E-state index contributed by atoms with van der Waals surface area (Å²) < 4.78 is 37.8. The van der Waals surface area contributed by atoms with Crippen LogP contribution < -0.4 is 10.6 Å². The van der Waals surface area contributed by atoms with E-state index in [1.807, 2.05) is 4.90 Å². The number of rotatable bonds is 2. The Morgan fingerprint density at radius 1 is 1.50 bits per heavy atom. The predicted molar refractivity (Wildman–Crippen MR) is 72.8 cm³/mol. The van der Waals surface area contributed by atoms with E-state index in [2.05, 4.69) is 11.9 Å². The highest BCUT2D eigenvalue weighted by atomic mass is 35.5. The molecule has 0 spiro atoms. The van der Waals surface area contributed by atoms with Gasteiger partial charge >= 0.3 is 6.18 Å². The van der Waals surface area contributed by atoms with E-state index in [9.17, 15) is 13.2 Å². The molecule has 2 rings (SSSR count). The summed E-state index contributed by atoms with van der Waals surface area (Å²) in [6, 6.07) is 0.996. The first-order chi connectivity index (χ1) is 9.32. The highest BCUT2D eigenvalue weighted by Gasteiger charge is 2.33. The Balaban J connectivity index is 2.28. The minimum Gasteiger partial charge on any atom is -0.351 e. The van der Waals surface area contributed by atoms with Gasteiger partial charge in [0.15, 0.2) is 0 Å². The maximum absolute atomic E-state index is 12.6. The molecule has 0 bridgehead atoms. The van der Waals surface area contributed by atoms with Gasteiger partial charge in [0.05, 0.1) is 10.6 Å². The Bertz CT molecular complexity index is 478. The second-order valence-electron chi connectivity index (χ2n) is 5.24. The summed E-state index contributed by atoms with van der Waals surface area (Å²) in [4.78, 5) is 5.83. The molecule has 2 atom stereocenters. The summed E-state index contributed by atoms with van der Waals surface area (Å²) in [6.07, 6.45) is -1.75. The number of aromatic nitrogens is 1. The molecule has 1 saturated heterocycles. The van der Waals surface area contributed by atoms with Gasteiger partial charge in [0.25, 0.3) is 0 Å². The van der Waals surface area contributed by atoms with E-state index in [1.165, 1.54) is 0 Å². The van der Waals surface area contributed by atoms with Crippen LogP contribution in [-0.2, 0) is 6.18 Å². The lowest BCUT2D eigenvalue weighted by molar-refractivity contribution is -0.137. The summed E-state index contributed by atoms with van der Waals surface area (Å²) >= 11 is 5.98. The third-order valence-corrected chi connectivity index (χ3v) is 3.95. The number of pyridine rings is 1. The highest BCUT2D eigenvalue weighted by Crippen LogP contribution is 2.35. The maximum atomic E-state index is 12.6. The van der Waals surface area contributed by atoms with Crippen LogP contribution in [0.4, 0.5) is 19.0 Å². The van der Waals surface area contributed by atoms with Crippen molar-refractivity contribution in [3.8, 4) is 0 Å². The van der Waals surface area contributed by atoms with Crippen LogP contribution in [0, 0.1) is 5.92 Å². The molecule has 1 aliphatic heterocycles. The fraction of sp³-hybridized carbons (Fsp3) is 0.615. The molecule has 0 saturated carbocycles. The van der Waals surface area contributed by atoms with Gasteiger partial charge in [0, 0.05) is 25.3 Å². The molecule has 7 heteroatoms. The van der Waals surface area contributed by atoms with E-state index in [4.69, 9.17) is 17.3 Å². The Morgan fingerprint density at radius 2 is 2.20 bits per heavy atom. The van der Waals surface area contributed by atoms with Crippen LogP contribution in [-0.4, -0.2) is 24.1 Å². The molecule has 2 heterocycles. The van der Waals surface area contributed by atoms with Crippen molar-refractivity contribution in [3.63, 3.8) is 0 Å². The summed E-state index contributed by atoms with van der Waals surface area (Å²) in [6.45, 7) is 3.28. The fourth-order valence-electron chi connectivity index (χ4n) is 2.55. The maximum Gasteiger partial charge on any atom is 0.417 e. The van der Waals surface area contributed by atoms with Gasteiger partial charge in [-0.1, -0.05) is 18.5 Å². The van der Waals surface area contributed by atoms with Gasteiger partial charge in [-0.2, -0.15) is 13.2 Å². The first-order valence-corrected chi connectivity index (χ1v) is 6.90. The minimum atomic E-state index is -4.43. The number of hydrogen-bond donors (Lipinski definition) is 1. The van der Waals surface area contributed by atoms with Crippen molar-refractivity contribution in [1.82, 2.24) is 4.98 Å². The van der Waals surface area contributed by atoms with Crippen molar-refractivity contribution in [2.45, 2.75) is 32.0 Å². The normalized spacial score (nSPS) is 24.0. The first kappa shape index (κ1) is 15.4. The standard InChI is InChI=1S/C13H17ClF3N3/c1-8-2-3-20(10(4-8)6-18)12-11(14)5-9(7-19-12)13(15,16)17/h5,7-8,10H,2-4,6,18H2,1H3. The monoisotopic (exact) mass is 307 g/mol. The highest BCUT2D eigenvalue weighted by molar-refractivity contribution is 6.33. The van der Waals surface area contributed by atoms with Gasteiger partial charge < -0.3 is 10.6 Å². The molecule has 2 N–H and O–H groups in total. The summed E-state index contributed by atoms with van der Waals surface area (Å²) in [7, 11) is 0. The molecule has 0 aliphatic carbocycles. The van der Waals surface area contributed by atoms with Gasteiger partial charge in [-0.05, 0) is 24.8 Å². The van der Waals surface area contributed by atoms with Gasteiger partial charge in [-0.3, -0.25) is 0 Å². The van der Waals surface area contributed by atoms with E-state index < -0.39 is 11.7 Å². The lowest BCUT2D eigenvalue weighted by atomic mass is 9.92. The van der Waals surface area contributed by atoms with E-state index in [1.54, 1.807) is 0 Å². The van der Waals surface area contributed by atoms with Crippen LogP contribution in [0.15, 0.2) is 12.3 Å². The number of nitrogens with two attached hydrogens (primary N) is 1. The molecule has 1 aromatic rings. The van der Waals surface area contributed by atoms with E-state index in [-0.39, 0.29) is 11.1 Å². The Kier molecular flexibility index (Phi) is 4.44. The van der Waals surface area contributed by atoms with Crippen LogP contribution in [0.2, 0.25) is 5.02 Å². The van der Waals surface area contributed by atoms with E-state index >= 15 is 0 Å². The third kappa shape index (κ3) is 3.17. The van der Waals surface area contributed by atoms with Crippen molar-refractivity contribution in [2.75, 3.05) is 18.0 Å². The second kappa shape index (κ2) is 5.77. The number of halogens is 4. The Labute approximate surface area is 120 Å². The zero-order valence-corrected chi connectivity index (χ0v) is 11.9. The van der Waals surface area contributed by atoms with Crippen molar-refractivity contribution >= 4 is 17.4 Å². The Morgan fingerprint density at radius 3 is 2.75 bits per heavy atom. The predicted octanol–water partition coefficient (Wildman–Crippen LogP) is 3.32. The average molecular weight is 308 g/mol. The van der Waals surface area contributed by atoms with Gasteiger partial charge in [0.1, 0.15) is 5.82 Å². The SMILES string of the molecule is CC1CCN(c2ncc(C(F)(F)F)cc2Cl)C(CN)C1. The van der Waals surface area contributed by atoms with Gasteiger partial charge in [-0.25, -0.2) is 4.98 Å². The largest absolute Gasteiger partial charge is 0.417 e. The van der Waals surface area contributed by atoms with Crippen LogP contribution in [0.5, 0.6) is 0 Å². The molecule has 0 amide bonds. The number of piperidine rings is 1. The molecule has 112 valence electrons. The zero-order chi connectivity index (χ0) is 14.9. The second-order valence-corrected chi connectivity index (χ2v) is 5.65. The number of anilines is 1. The van der Waals surface area contributed by atoms with Crippen molar-refractivity contribution in [2.24, 2.45) is 11.7 Å². The molecule has 1 aromatic heterocycles. The molecule has 0 aromatic carbocycles. The molecule has 1 aliphatic rings. The van der Waals surface area contributed by atoms with Crippen LogP contribution in [0.3, 0.4) is 0 Å². The summed E-state index contributed by atoms with van der Waals surface area (Å²) in [5.41, 5.74) is 4.92. The number of hydrogen-bond acceptors (Lipinski definition) is 3. The smallest absolute Gasteiger partial charge is 0.351 e. The summed E-state index contributed by atoms with van der Waals surface area (Å²) in [5, 5.41) is 0.0211. The number of nitrogens with zero attached hydrogens (tertiary/aromatic N) is 2. The van der Waals surface area contributed by atoms with Crippen LogP contribution in [0.1, 0.15) is 25.3 Å². The fourth-order valence-corrected chi connectivity index (χ4v) is 2.83. The van der Waals surface area contributed by atoms with E-state index in [0.717, 1.165) is 25.1 Å². The molecular weight excluding hydrogens is 291 g/mol.